The quantitative estimate of drug-likeness (QED) is 0.0141. The average Bonchev–Trinajstić information content (AvgIpc) is 3.99. The van der Waals surface area contributed by atoms with E-state index in [1.165, 1.54) is 30.3 Å². The molecule has 3 aromatic heterocycles. The number of phenols is 2. The lowest BCUT2D eigenvalue weighted by Crippen LogP contribution is -2.06. The number of rotatable bonds is 13. The van der Waals surface area contributed by atoms with Gasteiger partial charge >= 0.3 is 0 Å². The first kappa shape index (κ1) is 49.5. The van der Waals surface area contributed by atoms with E-state index in [1.54, 1.807) is 63.2 Å². The highest BCUT2D eigenvalue weighted by Crippen LogP contribution is 2.47. The second kappa shape index (κ2) is 19.9. The molecular formula is C44H30ClN13O12S3. The zero-order valence-electron chi connectivity index (χ0n) is 37.2. The minimum Gasteiger partial charge on any atom is -0.505 e. The summed E-state index contributed by atoms with van der Waals surface area (Å²) < 4.78 is 86.0. The number of hydrogen-bond donors (Lipinski definition) is 7. The third-order valence-corrected chi connectivity index (χ3v) is 12.5. The molecule has 0 unspecified atom stereocenters. The highest BCUT2D eigenvalue weighted by Gasteiger charge is 2.26. The third-order valence-electron chi connectivity index (χ3n) is 10.3. The van der Waals surface area contributed by atoms with E-state index in [1.807, 2.05) is 0 Å². The van der Waals surface area contributed by atoms with Gasteiger partial charge in [-0.2, -0.15) is 46.1 Å². The van der Waals surface area contributed by atoms with Crippen LogP contribution in [0.1, 0.15) is 22.8 Å². The van der Waals surface area contributed by atoms with Crippen molar-refractivity contribution < 1.29 is 54.8 Å². The molecule has 0 radical (unpaired) electrons. The molecular weight excluding hydrogens is 1030 g/mol. The Morgan fingerprint density at radius 3 is 1.90 bits per heavy atom. The molecule has 0 amide bonds. The Labute approximate surface area is 419 Å². The molecule has 0 aliphatic rings. The van der Waals surface area contributed by atoms with Crippen molar-refractivity contribution in [3.63, 3.8) is 0 Å². The maximum atomic E-state index is 12.8. The third kappa shape index (κ3) is 10.5. The molecule has 0 atom stereocenters. The summed E-state index contributed by atoms with van der Waals surface area (Å²) in [6.07, 6.45) is 0. The molecule has 7 N–H and O–H groups in total. The van der Waals surface area contributed by atoms with Crippen molar-refractivity contribution in [2.75, 3.05) is 10.6 Å². The number of anilines is 4. The summed E-state index contributed by atoms with van der Waals surface area (Å²) in [6.45, 7) is 4.86. The van der Waals surface area contributed by atoms with Crippen molar-refractivity contribution in [3.05, 3.63) is 113 Å². The molecule has 73 heavy (non-hydrogen) atoms. The Bertz CT molecular complexity index is 4070. The molecule has 9 aromatic rings. The molecule has 0 fully saturated rings. The first-order valence-corrected chi connectivity index (χ1v) is 24.5. The lowest BCUT2D eigenvalue weighted by atomic mass is 10.0. The fourth-order valence-electron chi connectivity index (χ4n) is 7.34. The topological polar surface area (TPSA) is 369 Å². The van der Waals surface area contributed by atoms with Crippen LogP contribution in [0.4, 0.5) is 46.0 Å². The Kier molecular flexibility index (Phi) is 13.5. The van der Waals surface area contributed by atoms with Gasteiger partial charge < -0.3 is 29.9 Å². The second-order valence-electron chi connectivity index (χ2n) is 15.2. The van der Waals surface area contributed by atoms with Gasteiger partial charge in [-0.1, -0.05) is 35.5 Å². The number of nitrogens with zero attached hydrogens (tertiary/aromatic N) is 11. The summed E-state index contributed by atoms with van der Waals surface area (Å²) in [7, 11) is -9.94. The number of halogens is 1. The molecule has 3 heterocycles. The van der Waals surface area contributed by atoms with Gasteiger partial charge in [0, 0.05) is 16.0 Å². The summed E-state index contributed by atoms with van der Waals surface area (Å²) in [5, 5.41) is 64.4. The number of fused-ring (bicyclic) bond motifs is 2. The summed E-state index contributed by atoms with van der Waals surface area (Å²) in [5.74, 6) is 1.06. The van der Waals surface area contributed by atoms with Crippen LogP contribution in [0.2, 0.25) is 5.28 Å². The van der Waals surface area contributed by atoms with Crippen LogP contribution in [0.25, 0.3) is 44.5 Å². The van der Waals surface area contributed by atoms with Crippen LogP contribution in [0, 0.1) is 31.9 Å². The normalized spacial score (nSPS) is 12.0. The van der Waals surface area contributed by atoms with E-state index in [0.717, 1.165) is 12.1 Å². The van der Waals surface area contributed by atoms with E-state index >= 15 is 0 Å². The molecule has 0 saturated heterocycles. The highest BCUT2D eigenvalue weighted by molar-refractivity contribution is 7.99. The zero-order chi connectivity index (χ0) is 51.8. The summed E-state index contributed by atoms with van der Waals surface area (Å²) in [5.41, 5.74) is 1.11. The Morgan fingerprint density at radius 2 is 1.27 bits per heavy atom. The van der Waals surface area contributed by atoms with Gasteiger partial charge in [-0.05, 0) is 115 Å². The summed E-state index contributed by atoms with van der Waals surface area (Å²) >= 11 is 6.84. The molecule has 6 aromatic carbocycles. The lowest BCUT2D eigenvalue weighted by Gasteiger charge is -2.16. The van der Waals surface area contributed by atoms with Crippen molar-refractivity contribution in [1.29, 1.82) is 0 Å². The van der Waals surface area contributed by atoms with Crippen LogP contribution in [-0.2, 0) is 24.6 Å². The second-order valence-corrected chi connectivity index (χ2v) is 18.9. The molecule has 25 nitrogen and oxygen atoms in total. The minimum absolute atomic E-state index is 0.000252. The van der Waals surface area contributed by atoms with Gasteiger partial charge in [0.25, 0.3) is 32.0 Å². The number of hydrogen-bond acceptors (Lipinski definition) is 24. The van der Waals surface area contributed by atoms with Crippen molar-refractivity contribution in [2.24, 2.45) is 20.5 Å². The fourth-order valence-corrected chi connectivity index (χ4v) is 9.01. The van der Waals surface area contributed by atoms with Crippen LogP contribution in [0.3, 0.4) is 0 Å². The Hall–Kier alpha value is -8.53. The van der Waals surface area contributed by atoms with Crippen LogP contribution >= 0.6 is 23.6 Å². The molecule has 0 aliphatic heterocycles. The van der Waals surface area contributed by atoms with Gasteiger partial charge in [0.1, 0.15) is 33.2 Å². The predicted octanol–water partition coefficient (Wildman–Crippen LogP) is 10.5. The molecule has 368 valence electrons. The molecule has 29 heteroatoms. The first-order chi connectivity index (χ1) is 34.9. The van der Waals surface area contributed by atoms with Crippen LogP contribution in [0.5, 0.6) is 11.5 Å². The van der Waals surface area contributed by atoms with Gasteiger partial charge in [0.05, 0.1) is 39.3 Å². The Morgan fingerprint density at radius 1 is 0.671 bits per heavy atom. The number of azo groups is 2. The largest absolute Gasteiger partial charge is 0.505 e. The summed E-state index contributed by atoms with van der Waals surface area (Å²) in [4.78, 5) is 19.8. The molecule has 0 saturated carbocycles. The fraction of sp³-hybridized carbons (Fsp3) is 0.0682. The highest BCUT2D eigenvalue weighted by atomic mass is 35.5. The average molecular weight is 1060 g/mol. The molecule has 0 bridgehead atoms. The number of aromatic nitrogens is 7. The van der Waals surface area contributed by atoms with E-state index in [-0.39, 0.29) is 90.2 Å². The standard InChI is InChI=1S/C44H30ClN13O12S3/c1-20-16-23-19-32(73(65,66)67)37(56-54-28-11-7-5-9-25(28)41-49-33(58-69-41)14-15-71-70-61)38(59)34(23)30(17-20)48-44-51-42(45)50-43(52-44)47-29-12-13-31(72(62,63)64)26-18-21(2)36(39(60)35(26)29)55-53-27-10-6-4-8-24(27)40-46-22(3)57-68-40/h4-13,16-19,59-61H,1-3H3,(H,62,63,64)(H,65,66,67)(H2,47,48,50,51,52). The summed E-state index contributed by atoms with van der Waals surface area (Å²) in [6, 6.07) is 20.8. The lowest BCUT2D eigenvalue weighted by molar-refractivity contribution is -0.115. The number of phenolic OH excluding ortho intramolecular Hbond substituents is 2. The van der Waals surface area contributed by atoms with Gasteiger partial charge in [-0.15, -0.1) is 20.5 Å². The van der Waals surface area contributed by atoms with E-state index in [0.29, 0.717) is 34.7 Å². The van der Waals surface area contributed by atoms with Crippen LogP contribution < -0.4 is 10.6 Å². The zero-order valence-corrected chi connectivity index (χ0v) is 40.4. The predicted molar refractivity (Wildman–Crippen MR) is 262 cm³/mol. The number of aromatic hydroxyl groups is 2. The van der Waals surface area contributed by atoms with Gasteiger partial charge in [0.2, 0.25) is 23.0 Å². The van der Waals surface area contributed by atoms with Crippen molar-refractivity contribution in [3.8, 4) is 45.6 Å². The van der Waals surface area contributed by atoms with E-state index in [4.69, 9.17) is 25.9 Å². The number of nitrogens with one attached hydrogen (secondary N) is 2. The maximum absolute atomic E-state index is 12.8. The van der Waals surface area contributed by atoms with Gasteiger partial charge in [-0.3, -0.25) is 9.11 Å². The molecule has 0 aliphatic carbocycles. The van der Waals surface area contributed by atoms with Crippen molar-refractivity contribution in [2.45, 2.75) is 30.6 Å². The van der Waals surface area contributed by atoms with Crippen LogP contribution in [-0.4, -0.2) is 76.6 Å². The monoisotopic (exact) mass is 1060 g/mol. The molecule has 0 spiro atoms. The van der Waals surface area contributed by atoms with Gasteiger partial charge in [0.15, 0.2) is 17.3 Å². The SMILES string of the molecule is Cc1cc(Nc2nc(Cl)nc(Nc3ccc(S(=O)(=O)O)c4cc(C)c(N=Nc5ccccc5-c5nc(C)no5)c(O)c34)n2)c2c(O)c(N=Nc3ccccc3-c3nc(C#CSOO)no3)c(S(=O)(=O)O)cc2c1. The van der Waals surface area contributed by atoms with Crippen molar-refractivity contribution >= 4 is 111 Å². The minimum atomic E-state index is -5.07. The number of aryl methyl sites for hydroxylation is 3. The van der Waals surface area contributed by atoms with E-state index in [2.05, 4.69) is 81.8 Å². The first-order valence-electron chi connectivity index (χ1n) is 20.5. The van der Waals surface area contributed by atoms with Gasteiger partial charge in [-0.25, -0.2) is 5.26 Å². The number of benzene rings is 6. The Balaban J connectivity index is 1.10. The van der Waals surface area contributed by atoms with Crippen molar-refractivity contribution in [1.82, 2.24) is 35.2 Å². The van der Waals surface area contributed by atoms with E-state index < -0.39 is 47.2 Å². The molecule has 9 rings (SSSR count). The van der Waals surface area contributed by atoms with Crippen LogP contribution in [0.15, 0.2) is 124 Å². The maximum Gasteiger partial charge on any atom is 0.296 e. The van der Waals surface area contributed by atoms with E-state index in [9.17, 15) is 36.2 Å². The smallest absolute Gasteiger partial charge is 0.296 e.